The van der Waals surface area contributed by atoms with Gasteiger partial charge in [-0.25, -0.2) is 0 Å². The van der Waals surface area contributed by atoms with Crippen LogP contribution in [-0.2, 0) is 6.54 Å². The van der Waals surface area contributed by atoms with Crippen LogP contribution in [0.2, 0.25) is 0 Å². The van der Waals surface area contributed by atoms with E-state index in [1.165, 1.54) is 32.1 Å². The van der Waals surface area contributed by atoms with Crippen molar-refractivity contribution in [3.8, 4) is 22.6 Å². The van der Waals surface area contributed by atoms with Crippen LogP contribution in [0.25, 0.3) is 22.1 Å². The Morgan fingerprint density at radius 2 is 1.80 bits per heavy atom. The maximum atomic E-state index is 13.4. The van der Waals surface area contributed by atoms with E-state index in [4.69, 9.17) is 13.9 Å². The molecule has 5 nitrogen and oxygen atoms in total. The summed E-state index contributed by atoms with van der Waals surface area (Å²) < 4.78 is 17.6. The van der Waals surface area contributed by atoms with E-state index in [2.05, 4.69) is 4.90 Å². The third kappa shape index (κ3) is 3.27. The van der Waals surface area contributed by atoms with Gasteiger partial charge in [-0.1, -0.05) is 31.4 Å². The van der Waals surface area contributed by atoms with Crippen LogP contribution >= 0.6 is 0 Å². The Hall–Kier alpha value is -2.79. The molecule has 2 aliphatic rings. The molecule has 5 rings (SSSR count). The number of nitrogens with zero attached hydrogens (tertiary/aromatic N) is 1. The molecule has 1 saturated carbocycles. The van der Waals surface area contributed by atoms with Crippen LogP contribution in [-0.4, -0.2) is 24.8 Å². The van der Waals surface area contributed by atoms with Crippen LogP contribution in [0.15, 0.2) is 45.6 Å². The molecule has 5 heteroatoms. The van der Waals surface area contributed by atoms with Crippen LogP contribution in [0.4, 0.5) is 0 Å². The van der Waals surface area contributed by atoms with Gasteiger partial charge in [0.1, 0.15) is 29.6 Å². The highest BCUT2D eigenvalue weighted by molar-refractivity contribution is 5.86. The Kier molecular flexibility index (Phi) is 4.99. The maximum absolute atomic E-state index is 13.4. The smallest absolute Gasteiger partial charge is 0.200 e. The van der Waals surface area contributed by atoms with Crippen molar-refractivity contribution in [3.63, 3.8) is 0 Å². The number of rotatable bonds is 3. The van der Waals surface area contributed by atoms with Gasteiger partial charge < -0.3 is 13.9 Å². The summed E-state index contributed by atoms with van der Waals surface area (Å²) in [6, 6.07) is 11.8. The van der Waals surface area contributed by atoms with Crippen LogP contribution in [0.1, 0.15) is 43.4 Å². The third-order valence-corrected chi connectivity index (χ3v) is 6.51. The van der Waals surface area contributed by atoms with Gasteiger partial charge in [0.05, 0.1) is 23.6 Å². The Morgan fingerprint density at radius 1 is 1.03 bits per heavy atom. The van der Waals surface area contributed by atoms with Crippen molar-refractivity contribution in [1.29, 1.82) is 0 Å². The van der Waals surface area contributed by atoms with Gasteiger partial charge in [-0.05, 0) is 49.6 Å². The van der Waals surface area contributed by atoms with Crippen molar-refractivity contribution in [1.82, 2.24) is 4.90 Å². The minimum Gasteiger partial charge on any atom is -0.497 e. The minimum absolute atomic E-state index is 0.00323. The summed E-state index contributed by atoms with van der Waals surface area (Å²) in [5.41, 5.74) is 3.09. The molecule has 0 bridgehead atoms. The number of benzene rings is 2. The van der Waals surface area contributed by atoms with E-state index in [-0.39, 0.29) is 5.43 Å². The number of aryl methyl sites for hydroxylation is 1. The first-order valence-electron chi connectivity index (χ1n) is 10.8. The summed E-state index contributed by atoms with van der Waals surface area (Å²) in [5.74, 6) is 2.21. The van der Waals surface area contributed by atoms with Crippen molar-refractivity contribution in [2.45, 2.75) is 51.6 Å². The van der Waals surface area contributed by atoms with Gasteiger partial charge in [-0.3, -0.25) is 9.69 Å². The second-order valence-electron chi connectivity index (χ2n) is 8.32. The number of hydrogen-bond donors (Lipinski definition) is 0. The van der Waals surface area contributed by atoms with E-state index in [0.29, 0.717) is 35.1 Å². The zero-order valence-corrected chi connectivity index (χ0v) is 17.6. The molecule has 1 fully saturated rings. The van der Waals surface area contributed by atoms with Crippen molar-refractivity contribution < 1.29 is 13.9 Å². The predicted octanol–water partition coefficient (Wildman–Crippen LogP) is 5.26. The summed E-state index contributed by atoms with van der Waals surface area (Å²) in [6.45, 7) is 3.24. The van der Waals surface area contributed by atoms with Crippen molar-refractivity contribution >= 4 is 11.0 Å². The van der Waals surface area contributed by atoms with Crippen LogP contribution < -0.4 is 14.9 Å². The molecule has 0 spiro atoms. The zero-order valence-electron chi connectivity index (χ0n) is 17.6. The van der Waals surface area contributed by atoms with Crippen molar-refractivity contribution in [3.05, 3.63) is 57.9 Å². The first kappa shape index (κ1) is 19.2. The Labute approximate surface area is 176 Å². The van der Waals surface area contributed by atoms with E-state index < -0.39 is 0 Å². The zero-order chi connectivity index (χ0) is 20.7. The summed E-state index contributed by atoms with van der Waals surface area (Å²) >= 11 is 0. The topological polar surface area (TPSA) is 51.9 Å². The van der Waals surface area contributed by atoms with E-state index >= 15 is 0 Å². The molecule has 0 atom stereocenters. The lowest BCUT2D eigenvalue weighted by molar-refractivity contribution is 0.0406. The van der Waals surface area contributed by atoms with E-state index in [1.54, 1.807) is 7.11 Å². The predicted molar refractivity (Wildman–Crippen MR) is 117 cm³/mol. The second-order valence-corrected chi connectivity index (χ2v) is 8.32. The van der Waals surface area contributed by atoms with Crippen LogP contribution in [0.5, 0.6) is 11.5 Å². The minimum atomic E-state index is -0.00323. The van der Waals surface area contributed by atoms with Crippen molar-refractivity contribution in [2.75, 3.05) is 13.8 Å². The standard InChI is InChI=1S/C25H27NO4/c1-16-23(17-8-10-19(28-2)11-9-17)24(27)20-12-13-22-21(25(20)30-16)14-26(15-29-22)18-6-4-3-5-7-18/h8-13,18H,3-7,14-15H2,1-2H3. The molecule has 156 valence electrons. The molecular weight excluding hydrogens is 378 g/mol. The number of hydrogen-bond acceptors (Lipinski definition) is 5. The van der Waals surface area contributed by atoms with Crippen LogP contribution in [0, 0.1) is 6.92 Å². The molecule has 3 aromatic rings. The Bertz CT molecular complexity index is 1130. The van der Waals surface area contributed by atoms with Gasteiger partial charge in [0, 0.05) is 12.6 Å². The third-order valence-electron chi connectivity index (χ3n) is 6.51. The average molecular weight is 405 g/mol. The molecule has 2 heterocycles. The van der Waals surface area contributed by atoms with E-state index in [0.717, 1.165) is 29.2 Å². The largest absolute Gasteiger partial charge is 0.497 e. The maximum Gasteiger partial charge on any atom is 0.200 e. The number of fused-ring (bicyclic) bond motifs is 3. The van der Waals surface area contributed by atoms with Crippen molar-refractivity contribution in [2.24, 2.45) is 0 Å². The highest BCUT2D eigenvalue weighted by Crippen LogP contribution is 2.36. The van der Waals surface area contributed by atoms with Gasteiger partial charge in [0.25, 0.3) is 0 Å². The first-order valence-corrected chi connectivity index (χ1v) is 10.8. The molecule has 0 saturated heterocycles. The second kappa shape index (κ2) is 7.80. The van der Waals surface area contributed by atoms with Gasteiger partial charge in [-0.2, -0.15) is 0 Å². The monoisotopic (exact) mass is 405 g/mol. The molecule has 1 aliphatic carbocycles. The molecule has 30 heavy (non-hydrogen) atoms. The fraction of sp³-hybridized carbons (Fsp3) is 0.400. The molecule has 0 N–H and O–H groups in total. The summed E-state index contributed by atoms with van der Waals surface area (Å²) in [7, 11) is 1.63. The molecule has 1 aliphatic heterocycles. The molecular formula is C25H27NO4. The summed E-state index contributed by atoms with van der Waals surface area (Å²) in [6.07, 6.45) is 6.32. The van der Waals surface area contributed by atoms with Gasteiger partial charge in [0.15, 0.2) is 0 Å². The quantitative estimate of drug-likeness (QED) is 0.595. The molecule has 1 aromatic heterocycles. The molecule has 0 radical (unpaired) electrons. The van der Waals surface area contributed by atoms with Crippen LogP contribution in [0.3, 0.4) is 0 Å². The molecule has 0 amide bonds. The lowest BCUT2D eigenvalue weighted by Crippen LogP contribution is -2.41. The highest BCUT2D eigenvalue weighted by Gasteiger charge is 2.28. The van der Waals surface area contributed by atoms with E-state index in [9.17, 15) is 4.79 Å². The normalized spacial score (nSPS) is 17.5. The summed E-state index contributed by atoms with van der Waals surface area (Å²) in [5, 5.41) is 0.610. The SMILES string of the molecule is COc1ccc(-c2c(C)oc3c4c(ccc3c2=O)OCN(C2CCCCC2)C4)cc1. The summed E-state index contributed by atoms with van der Waals surface area (Å²) in [4.78, 5) is 15.8. The van der Waals surface area contributed by atoms with E-state index in [1.807, 2.05) is 43.3 Å². The number of methoxy groups -OCH3 is 1. The number of ether oxygens (including phenoxy) is 2. The first-order chi connectivity index (χ1) is 14.7. The Balaban J connectivity index is 1.58. The lowest BCUT2D eigenvalue weighted by Gasteiger charge is -2.37. The Morgan fingerprint density at radius 3 is 2.53 bits per heavy atom. The van der Waals surface area contributed by atoms with Gasteiger partial charge >= 0.3 is 0 Å². The van der Waals surface area contributed by atoms with Gasteiger partial charge in [-0.15, -0.1) is 0 Å². The average Bonchev–Trinajstić information content (AvgIpc) is 2.79. The highest BCUT2D eigenvalue weighted by atomic mass is 16.5. The molecule has 0 unspecified atom stereocenters. The van der Waals surface area contributed by atoms with Gasteiger partial charge in [0.2, 0.25) is 5.43 Å². The fourth-order valence-electron chi connectivity index (χ4n) is 4.86. The fourth-order valence-corrected chi connectivity index (χ4v) is 4.86. The molecule has 2 aromatic carbocycles. The lowest BCUT2D eigenvalue weighted by atomic mass is 9.93.